The molecule has 6 heteroatoms. The number of aromatic nitrogens is 1. The lowest BCUT2D eigenvalue weighted by Gasteiger charge is -2.19. The molecule has 0 bridgehead atoms. The highest BCUT2D eigenvalue weighted by Gasteiger charge is 2.46. The van der Waals surface area contributed by atoms with Crippen LogP contribution in [0.15, 0.2) is 18.3 Å². The van der Waals surface area contributed by atoms with Crippen LogP contribution in [0.2, 0.25) is 0 Å². The normalized spacial score (nSPS) is 26.8. The summed E-state index contributed by atoms with van der Waals surface area (Å²) in [6.07, 6.45) is 6.09. The second kappa shape index (κ2) is 6.07. The van der Waals surface area contributed by atoms with E-state index < -0.39 is 5.97 Å². The van der Waals surface area contributed by atoms with Gasteiger partial charge in [-0.25, -0.2) is 4.98 Å². The minimum absolute atomic E-state index is 0.0484. The molecular formula is C18H23N3O3. The Hall–Kier alpha value is -2.11. The van der Waals surface area contributed by atoms with E-state index in [1.807, 2.05) is 17.0 Å². The van der Waals surface area contributed by atoms with Gasteiger partial charge in [-0.2, -0.15) is 0 Å². The van der Waals surface area contributed by atoms with Crippen LogP contribution >= 0.6 is 0 Å². The molecule has 1 N–H and O–H groups in total. The van der Waals surface area contributed by atoms with Gasteiger partial charge in [0.25, 0.3) is 5.91 Å². The van der Waals surface area contributed by atoms with E-state index in [0.29, 0.717) is 18.0 Å². The van der Waals surface area contributed by atoms with Gasteiger partial charge < -0.3 is 14.9 Å². The standard InChI is InChI=1S/C18H23N3O3/c22-17(20-7-1-2-8-20)13-5-6-16(19-9-13)21-10-14(12-3-4-12)15(11-21)18(23)24/h5-6,9,12,14-15H,1-4,7-8,10-11H2,(H,23,24)/t14-,15+/m0/s1. The monoisotopic (exact) mass is 329 g/mol. The Kier molecular flexibility index (Phi) is 3.90. The van der Waals surface area contributed by atoms with E-state index in [0.717, 1.165) is 51.1 Å². The lowest BCUT2D eigenvalue weighted by Crippen LogP contribution is -2.28. The van der Waals surface area contributed by atoms with E-state index in [4.69, 9.17) is 0 Å². The Labute approximate surface area is 141 Å². The van der Waals surface area contributed by atoms with Gasteiger partial charge in [-0.1, -0.05) is 0 Å². The largest absolute Gasteiger partial charge is 0.481 e. The summed E-state index contributed by atoms with van der Waals surface area (Å²) in [4.78, 5) is 32.3. The predicted molar refractivity (Wildman–Crippen MR) is 88.9 cm³/mol. The highest BCUT2D eigenvalue weighted by Crippen LogP contribution is 2.44. The molecule has 0 spiro atoms. The van der Waals surface area contributed by atoms with E-state index in [1.54, 1.807) is 6.20 Å². The third kappa shape index (κ3) is 2.85. The third-order valence-electron chi connectivity index (χ3n) is 5.62. The number of carboxylic acids is 1. The maximum Gasteiger partial charge on any atom is 0.308 e. The molecule has 128 valence electrons. The average Bonchev–Trinajstić information content (AvgIpc) is 3.13. The minimum atomic E-state index is -0.699. The molecular weight excluding hydrogens is 306 g/mol. The van der Waals surface area contributed by atoms with E-state index >= 15 is 0 Å². The summed E-state index contributed by atoms with van der Waals surface area (Å²) in [6, 6.07) is 3.68. The number of rotatable bonds is 4. The third-order valence-corrected chi connectivity index (χ3v) is 5.62. The van der Waals surface area contributed by atoms with Gasteiger partial charge in [-0.3, -0.25) is 9.59 Å². The number of aliphatic carboxylic acids is 1. The molecule has 0 unspecified atom stereocenters. The number of carbonyl (C=O) groups excluding carboxylic acids is 1. The fourth-order valence-electron chi connectivity index (χ4n) is 4.08. The average molecular weight is 329 g/mol. The Balaban J connectivity index is 1.46. The van der Waals surface area contributed by atoms with Gasteiger partial charge in [0.15, 0.2) is 0 Å². The van der Waals surface area contributed by atoms with Crippen LogP contribution in [0.5, 0.6) is 0 Å². The molecule has 1 aromatic heterocycles. The van der Waals surface area contributed by atoms with E-state index in [1.165, 1.54) is 0 Å². The van der Waals surface area contributed by atoms with E-state index in [-0.39, 0.29) is 17.7 Å². The summed E-state index contributed by atoms with van der Waals surface area (Å²) < 4.78 is 0. The van der Waals surface area contributed by atoms with Gasteiger partial charge in [0.1, 0.15) is 5.82 Å². The Bertz CT molecular complexity index is 635. The van der Waals surface area contributed by atoms with Crippen LogP contribution in [0.4, 0.5) is 5.82 Å². The topological polar surface area (TPSA) is 73.7 Å². The molecule has 24 heavy (non-hydrogen) atoms. The summed E-state index contributed by atoms with van der Waals surface area (Å²) in [6.45, 7) is 2.93. The smallest absolute Gasteiger partial charge is 0.308 e. The molecule has 3 aliphatic rings. The van der Waals surface area contributed by atoms with Crippen LogP contribution in [-0.2, 0) is 4.79 Å². The fraction of sp³-hybridized carbons (Fsp3) is 0.611. The van der Waals surface area contributed by atoms with Crippen LogP contribution in [0, 0.1) is 17.8 Å². The molecule has 2 atom stereocenters. The number of nitrogens with zero attached hydrogens (tertiary/aromatic N) is 3. The number of likely N-dealkylation sites (tertiary alicyclic amines) is 1. The van der Waals surface area contributed by atoms with E-state index in [9.17, 15) is 14.7 Å². The maximum absolute atomic E-state index is 12.4. The molecule has 4 rings (SSSR count). The summed E-state index contributed by atoms with van der Waals surface area (Å²) >= 11 is 0. The van der Waals surface area contributed by atoms with Crippen LogP contribution in [0.1, 0.15) is 36.0 Å². The van der Waals surface area contributed by atoms with Crippen LogP contribution in [0.25, 0.3) is 0 Å². The highest BCUT2D eigenvalue weighted by atomic mass is 16.4. The van der Waals surface area contributed by atoms with Crippen molar-refractivity contribution in [2.45, 2.75) is 25.7 Å². The quantitative estimate of drug-likeness (QED) is 0.913. The van der Waals surface area contributed by atoms with Crippen molar-refractivity contribution in [1.29, 1.82) is 0 Å². The second-order valence-electron chi connectivity index (χ2n) is 7.26. The van der Waals surface area contributed by atoms with Gasteiger partial charge in [0.2, 0.25) is 0 Å². The number of carboxylic acid groups (broad SMARTS) is 1. The SMILES string of the molecule is O=C(O)[C@@H]1CN(c2ccc(C(=O)N3CCCC3)cn2)C[C@H]1C1CC1. The van der Waals surface area contributed by atoms with Crippen molar-refractivity contribution < 1.29 is 14.7 Å². The molecule has 1 aliphatic carbocycles. The molecule has 1 saturated carbocycles. The summed E-state index contributed by atoms with van der Waals surface area (Å²) in [7, 11) is 0. The van der Waals surface area contributed by atoms with Crippen LogP contribution in [0.3, 0.4) is 0 Å². The minimum Gasteiger partial charge on any atom is -0.481 e. The molecule has 0 radical (unpaired) electrons. The lowest BCUT2D eigenvalue weighted by atomic mass is 9.92. The molecule has 6 nitrogen and oxygen atoms in total. The first-order valence-electron chi connectivity index (χ1n) is 8.86. The van der Waals surface area contributed by atoms with Crippen molar-refractivity contribution in [1.82, 2.24) is 9.88 Å². The van der Waals surface area contributed by atoms with Crippen molar-refractivity contribution >= 4 is 17.7 Å². The number of pyridine rings is 1. The molecule has 3 heterocycles. The van der Waals surface area contributed by atoms with Gasteiger partial charge in [0.05, 0.1) is 11.5 Å². The van der Waals surface area contributed by atoms with Crippen molar-refractivity contribution in [3.8, 4) is 0 Å². The summed E-state index contributed by atoms with van der Waals surface area (Å²) in [5.41, 5.74) is 0.619. The predicted octanol–water partition coefficient (Wildman–Crippen LogP) is 1.86. The second-order valence-corrected chi connectivity index (χ2v) is 7.26. The zero-order chi connectivity index (χ0) is 16.7. The van der Waals surface area contributed by atoms with Crippen LogP contribution < -0.4 is 4.90 Å². The number of hydrogen-bond acceptors (Lipinski definition) is 4. The van der Waals surface area contributed by atoms with Crippen LogP contribution in [-0.4, -0.2) is 53.0 Å². The molecule has 3 fully saturated rings. The maximum atomic E-state index is 12.4. The van der Waals surface area contributed by atoms with Gasteiger partial charge in [-0.05, 0) is 49.7 Å². The first-order valence-corrected chi connectivity index (χ1v) is 8.86. The summed E-state index contributed by atoms with van der Waals surface area (Å²) in [5, 5.41) is 9.47. The zero-order valence-electron chi connectivity index (χ0n) is 13.7. The van der Waals surface area contributed by atoms with E-state index in [2.05, 4.69) is 9.88 Å². The zero-order valence-corrected chi connectivity index (χ0v) is 13.7. The molecule has 2 aliphatic heterocycles. The van der Waals surface area contributed by atoms with Crippen molar-refractivity contribution in [2.24, 2.45) is 17.8 Å². The number of anilines is 1. The highest BCUT2D eigenvalue weighted by molar-refractivity contribution is 5.94. The molecule has 1 amide bonds. The Morgan fingerprint density at radius 1 is 1.12 bits per heavy atom. The number of carbonyl (C=O) groups is 2. The Morgan fingerprint density at radius 2 is 1.88 bits per heavy atom. The first kappa shape index (κ1) is 15.4. The van der Waals surface area contributed by atoms with Gasteiger partial charge in [-0.15, -0.1) is 0 Å². The van der Waals surface area contributed by atoms with Crippen molar-refractivity contribution in [2.75, 3.05) is 31.1 Å². The molecule has 2 saturated heterocycles. The van der Waals surface area contributed by atoms with Crippen molar-refractivity contribution in [3.05, 3.63) is 23.9 Å². The summed E-state index contributed by atoms with van der Waals surface area (Å²) in [5.74, 6) is 0.623. The Morgan fingerprint density at radius 3 is 2.46 bits per heavy atom. The number of amides is 1. The van der Waals surface area contributed by atoms with Gasteiger partial charge >= 0.3 is 5.97 Å². The van der Waals surface area contributed by atoms with Gasteiger partial charge in [0, 0.05) is 32.4 Å². The first-order chi connectivity index (χ1) is 11.6. The molecule has 0 aromatic carbocycles. The van der Waals surface area contributed by atoms with Crippen molar-refractivity contribution in [3.63, 3.8) is 0 Å². The fourth-order valence-corrected chi connectivity index (χ4v) is 4.08. The number of hydrogen-bond donors (Lipinski definition) is 1. The lowest BCUT2D eigenvalue weighted by molar-refractivity contribution is -0.142. The molecule has 1 aromatic rings.